The molecule has 28 heavy (non-hydrogen) atoms. The number of ether oxygens (including phenoxy) is 1. The average Bonchev–Trinajstić information content (AvgIpc) is 2.67. The lowest BCUT2D eigenvalue weighted by molar-refractivity contribution is -0.139. The molecule has 0 unspecified atom stereocenters. The van der Waals surface area contributed by atoms with Gasteiger partial charge in [0.1, 0.15) is 5.82 Å². The maximum atomic E-state index is 14.1. The zero-order valence-electron chi connectivity index (χ0n) is 14.3. The topological polar surface area (TPSA) is 80.7 Å². The largest absolute Gasteiger partial charge is 0.479 e. The summed E-state index contributed by atoms with van der Waals surface area (Å²) in [4.78, 5) is 10.8. The Balaban J connectivity index is 2.01. The molecule has 0 saturated heterocycles. The molecular weight excluding hydrogens is 390 g/mol. The van der Waals surface area contributed by atoms with Crippen molar-refractivity contribution in [2.45, 2.75) is 9.79 Å². The molecule has 0 heterocycles. The first kappa shape index (κ1) is 19.5. The van der Waals surface area contributed by atoms with E-state index < -0.39 is 39.8 Å². The molecule has 0 radical (unpaired) electrons. The summed E-state index contributed by atoms with van der Waals surface area (Å²) in [5.41, 5.74) is 0.244. The molecule has 0 spiro atoms. The van der Waals surface area contributed by atoms with Gasteiger partial charge < -0.3 is 9.84 Å². The van der Waals surface area contributed by atoms with Gasteiger partial charge in [0.05, 0.1) is 9.79 Å². The van der Waals surface area contributed by atoms with Crippen molar-refractivity contribution in [1.82, 2.24) is 0 Å². The summed E-state index contributed by atoms with van der Waals surface area (Å²) in [6.45, 7) is -0.810. The maximum absolute atomic E-state index is 14.1. The Labute approximate surface area is 159 Å². The van der Waals surface area contributed by atoms with E-state index in [1.54, 1.807) is 18.2 Å². The Bertz CT molecular complexity index is 1110. The van der Waals surface area contributed by atoms with Crippen molar-refractivity contribution >= 4 is 15.8 Å². The second-order valence-corrected chi connectivity index (χ2v) is 7.74. The quantitative estimate of drug-likeness (QED) is 0.673. The molecule has 3 aromatic carbocycles. The summed E-state index contributed by atoms with van der Waals surface area (Å²) in [6, 6.07) is 14.7. The molecule has 0 aromatic heterocycles. The summed E-state index contributed by atoms with van der Waals surface area (Å²) in [7, 11) is -3.74. The van der Waals surface area contributed by atoms with Crippen LogP contribution in [0.5, 0.6) is 5.75 Å². The van der Waals surface area contributed by atoms with E-state index in [1.807, 2.05) is 0 Å². The maximum Gasteiger partial charge on any atom is 0.341 e. The number of carboxylic acid groups (broad SMARTS) is 1. The second kappa shape index (κ2) is 7.77. The minimum Gasteiger partial charge on any atom is -0.479 e. The summed E-state index contributed by atoms with van der Waals surface area (Å²) in [5, 5.41) is 8.73. The highest BCUT2D eigenvalue weighted by molar-refractivity contribution is 7.91. The average molecular weight is 404 g/mol. The van der Waals surface area contributed by atoms with E-state index >= 15 is 0 Å². The molecule has 5 nitrogen and oxygen atoms in total. The summed E-state index contributed by atoms with van der Waals surface area (Å²) < 4.78 is 58.0. The van der Waals surface area contributed by atoms with E-state index in [1.165, 1.54) is 36.4 Å². The van der Waals surface area contributed by atoms with Crippen molar-refractivity contribution < 1.29 is 31.8 Å². The van der Waals surface area contributed by atoms with Crippen molar-refractivity contribution in [3.05, 3.63) is 78.4 Å². The van der Waals surface area contributed by atoms with Crippen LogP contribution in [0.15, 0.2) is 76.5 Å². The Morgan fingerprint density at radius 1 is 0.929 bits per heavy atom. The van der Waals surface area contributed by atoms with Crippen molar-refractivity contribution in [3.63, 3.8) is 0 Å². The van der Waals surface area contributed by atoms with Crippen LogP contribution < -0.4 is 4.74 Å². The van der Waals surface area contributed by atoms with Gasteiger partial charge in [-0.3, -0.25) is 0 Å². The third-order valence-electron chi connectivity index (χ3n) is 3.88. The van der Waals surface area contributed by atoms with Crippen LogP contribution in [-0.2, 0) is 14.6 Å². The lowest BCUT2D eigenvalue weighted by Gasteiger charge is -2.12. The molecule has 0 aliphatic heterocycles. The van der Waals surface area contributed by atoms with Crippen molar-refractivity contribution in [1.29, 1.82) is 0 Å². The molecule has 0 aliphatic rings. The van der Waals surface area contributed by atoms with Crippen LogP contribution in [0, 0.1) is 11.6 Å². The summed E-state index contributed by atoms with van der Waals surface area (Å²) >= 11 is 0. The smallest absolute Gasteiger partial charge is 0.341 e. The molecule has 1 N–H and O–H groups in total. The SMILES string of the molecule is O=C(O)COc1c(F)cc(F)cc1-c1ccc(S(=O)(=O)c2ccccc2)cc1. The van der Waals surface area contributed by atoms with Crippen LogP contribution in [0.25, 0.3) is 11.1 Å². The lowest BCUT2D eigenvalue weighted by atomic mass is 10.0. The third-order valence-corrected chi connectivity index (χ3v) is 5.66. The first-order valence-electron chi connectivity index (χ1n) is 8.03. The molecule has 0 bridgehead atoms. The molecule has 3 aromatic rings. The molecule has 0 aliphatic carbocycles. The fourth-order valence-corrected chi connectivity index (χ4v) is 3.89. The Kier molecular flexibility index (Phi) is 5.41. The van der Waals surface area contributed by atoms with E-state index in [0.29, 0.717) is 6.07 Å². The highest BCUT2D eigenvalue weighted by Gasteiger charge is 2.19. The number of hydrogen-bond donors (Lipinski definition) is 1. The summed E-state index contributed by atoms with van der Waals surface area (Å²) in [5.74, 6) is -3.69. The van der Waals surface area contributed by atoms with Crippen LogP contribution in [0.2, 0.25) is 0 Å². The Hall–Kier alpha value is -3.26. The van der Waals surface area contributed by atoms with Gasteiger partial charge in [-0.2, -0.15) is 0 Å². The first-order chi connectivity index (χ1) is 13.3. The first-order valence-corrected chi connectivity index (χ1v) is 9.51. The van der Waals surface area contributed by atoms with Gasteiger partial charge in [-0.05, 0) is 35.9 Å². The van der Waals surface area contributed by atoms with Crippen molar-refractivity contribution in [2.75, 3.05) is 6.61 Å². The predicted octanol–water partition coefficient (Wildman–Crippen LogP) is 3.93. The number of benzene rings is 3. The van der Waals surface area contributed by atoms with Gasteiger partial charge >= 0.3 is 5.97 Å². The fraction of sp³-hybridized carbons (Fsp3) is 0.0500. The van der Waals surface area contributed by atoms with Gasteiger partial charge in [-0.1, -0.05) is 30.3 Å². The van der Waals surface area contributed by atoms with Crippen LogP contribution in [-0.4, -0.2) is 26.1 Å². The molecule has 0 amide bonds. The molecule has 8 heteroatoms. The minimum absolute atomic E-state index is 0.00679. The van der Waals surface area contributed by atoms with E-state index in [0.717, 1.165) is 6.07 Å². The second-order valence-electron chi connectivity index (χ2n) is 5.79. The van der Waals surface area contributed by atoms with Gasteiger partial charge in [0.15, 0.2) is 18.2 Å². The van der Waals surface area contributed by atoms with Crippen LogP contribution in [0.3, 0.4) is 0 Å². The molecule has 144 valence electrons. The zero-order valence-corrected chi connectivity index (χ0v) is 15.1. The lowest BCUT2D eigenvalue weighted by Crippen LogP contribution is -2.11. The van der Waals surface area contributed by atoms with Crippen LogP contribution in [0.1, 0.15) is 0 Å². The van der Waals surface area contributed by atoms with Gasteiger partial charge in [0, 0.05) is 11.6 Å². The van der Waals surface area contributed by atoms with E-state index in [-0.39, 0.29) is 20.9 Å². The molecule has 0 atom stereocenters. The van der Waals surface area contributed by atoms with Crippen molar-refractivity contribution in [2.24, 2.45) is 0 Å². The molecule has 3 rings (SSSR count). The highest BCUT2D eigenvalue weighted by Crippen LogP contribution is 2.34. The van der Waals surface area contributed by atoms with Gasteiger partial charge in [0.25, 0.3) is 0 Å². The molecule has 0 saturated carbocycles. The number of hydrogen-bond acceptors (Lipinski definition) is 4. The number of sulfone groups is 1. The zero-order chi connectivity index (χ0) is 20.3. The van der Waals surface area contributed by atoms with Crippen LogP contribution >= 0.6 is 0 Å². The Morgan fingerprint density at radius 2 is 1.54 bits per heavy atom. The third kappa shape index (κ3) is 4.01. The predicted molar refractivity (Wildman–Crippen MR) is 96.8 cm³/mol. The normalized spacial score (nSPS) is 11.2. The van der Waals surface area contributed by atoms with Gasteiger partial charge in [0.2, 0.25) is 9.84 Å². The number of rotatable bonds is 6. The Morgan fingerprint density at radius 3 is 2.14 bits per heavy atom. The number of halogens is 2. The summed E-state index contributed by atoms with van der Waals surface area (Å²) in [6.07, 6.45) is 0. The van der Waals surface area contributed by atoms with Crippen molar-refractivity contribution in [3.8, 4) is 16.9 Å². The van der Waals surface area contributed by atoms with E-state index in [9.17, 15) is 22.0 Å². The number of aliphatic carboxylic acids is 1. The van der Waals surface area contributed by atoms with Gasteiger partial charge in [-0.15, -0.1) is 0 Å². The molecule has 0 fully saturated rings. The standard InChI is InChI=1S/C20H14F2O5S/c21-14-10-17(20(18(22)11-14)27-12-19(23)24)13-6-8-16(9-7-13)28(25,26)15-4-2-1-3-5-15/h1-11H,12H2,(H,23,24). The fourth-order valence-electron chi connectivity index (χ4n) is 2.60. The number of carboxylic acids is 1. The number of carbonyl (C=O) groups is 1. The van der Waals surface area contributed by atoms with Crippen LogP contribution in [0.4, 0.5) is 8.78 Å². The molecular formula is C20H14F2O5S. The van der Waals surface area contributed by atoms with E-state index in [2.05, 4.69) is 0 Å². The van der Waals surface area contributed by atoms with Gasteiger partial charge in [-0.25, -0.2) is 22.0 Å². The monoisotopic (exact) mass is 404 g/mol. The van der Waals surface area contributed by atoms with E-state index in [4.69, 9.17) is 9.84 Å². The minimum atomic E-state index is -3.74. The highest BCUT2D eigenvalue weighted by atomic mass is 32.2.